The molecule has 0 atom stereocenters. The van der Waals surface area contributed by atoms with Gasteiger partial charge in [-0.2, -0.15) is 0 Å². The summed E-state index contributed by atoms with van der Waals surface area (Å²) >= 11 is 5.91. The normalized spacial score (nSPS) is 18.5. The van der Waals surface area contributed by atoms with Crippen LogP contribution in [0.5, 0.6) is 0 Å². The highest BCUT2D eigenvalue weighted by Gasteiger charge is 2.32. The number of halogens is 1. The molecule has 0 aliphatic heterocycles. The molecule has 0 saturated heterocycles. The predicted octanol–water partition coefficient (Wildman–Crippen LogP) is 2.18. The molecule has 1 saturated carbocycles. The highest BCUT2D eigenvalue weighted by Crippen LogP contribution is 2.30. The van der Waals surface area contributed by atoms with Crippen LogP contribution in [0.3, 0.4) is 0 Å². The Morgan fingerprint density at radius 2 is 2.06 bits per heavy atom. The van der Waals surface area contributed by atoms with Crippen LogP contribution in [0.4, 0.5) is 0 Å². The number of aromatic nitrogens is 2. The van der Waals surface area contributed by atoms with Gasteiger partial charge in [0.1, 0.15) is 11.0 Å². The topological polar surface area (TPSA) is 49.2 Å². The van der Waals surface area contributed by atoms with Crippen molar-refractivity contribution in [3.05, 3.63) is 22.7 Å². The first-order valence-corrected chi connectivity index (χ1v) is 6.76. The molecule has 0 unspecified atom stereocenters. The van der Waals surface area contributed by atoms with Gasteiger partial charge in [-0.25, -0.2) is 9.97 Å². The summed E-state index contributed by atoms with van der Waals surface area (Å²) in [6, 6.07) is 1.75. The molecule has 18 heavy (non-hydrogen) atoms. The molecule has 1 N–H and O–H groups in total. The summed E-state index contributed by atoms with van der Waals surface area (Å²) in [5.74, 6) is 0.712. The van der Waals surface area contributed by atoms with Gasteiger partial charge >= 0.3 is 0 Å². The van der Waals surface area contributed by atoms with E-state index in [9.17, 15) is 5.11 Å². The summed E-state index contributed by atoms with van der Waals surface area (Å²) in [5.41, 5.74) is 0.348. The molecule has 1 fully saturated rings. The van der Waals surface area contributed by atoms with Crippen molar-refractivity contribution in [2.45, 2.75) is 44.8 Å². The van der Waals surface area contributed by atoms with Crippen molar-refractivity contribution in [1.82, 2.24) is 14.9 Å². The van der Waals surface area contributed by atoms with Gasteiger partial charge in [-0.15, -0.1) is 0 Å². The molecule has 0 bridgehead atoms. The minimum absolute atomic E-state index is 0.477. The van der Waals surface area contributed by atoms with Gasteiger partial charge in [0.2, 0.25) is 0 Å². The van der Waals surface area contributed by atoms with Crippen LogP contribution in [0.2, 0.25) is 5.15 Å². The van der Waals surface area contributed by atoms with E-state index in [1.165, 1.54) is 0 Å². The van der Waals surface area contributed by atoms with E-state index in [2.05, 4.69) is 14.9 Å². The van der Waals surface area contributed by atoms with Gasteiger partial charge in [-0.1, -0.05) is 24.4 Å². The van der Waals surface area contributed by atoms with E-state index in [0.717, 1.165) is 31.4 Å². The van der Waals surface area contributed by atoms with Crippen LogP contribution >= 0.6 is 11.6 Å². The van der Waals surface area contributed by atoms with Crippen molar-refractivity contribution < 1.29 is 5.11 Å². The Balaban J connectivity index is 1.96. The molecule has 5 heteroatoms. The minimum atomic E-state index is -0.525. The number of aryl methyl sites for hydroxylation is 1. The number of hydrogen-bond donors (Lipinski definition) is 1. The molecule has 2 rings (SSSR count). The molecule has 0 aromatic carbocycles. The molecular weight excluding hydrogens is 250 g/mol. The molecule has 1 heterocycles. The van der Waals surface area contributed by atoms with E-state index in [4.69, 9.17) is 11.6 Å². The summed E-state index contributed by atoms with van der Waals surface area (Å²) in [4.78, 5) is 10.6. The van der Waals surface area contributed by atoms with E-state index in [-0.39, 0.29) is 0 Å². The van der Waals surface area contributed by atoms with Crippen molar-refractivity contribution in [1.29, 1.82) is 0 Å². The molecule has 1 aliphatic carbocycles. The summed E-state index contributed by atoms with van der Waals surface area (Å²) < 4.78 is 0. The van der Waals surface area contributed by atoms with Gasteiger partial charge in [-0.05, 0) is 32.9 Å². The first-order valence-electron chi connectivity index (χ1n) is 6.38. The summed E-state index contributed by atoms with van der Waals surface area (Å²) in [5, 5.41) is 10.8. The lowest BCUT2D eigenvalue weighted by Gasteiger charge is -2.28. The lowest BCUT2D eigenvalue weighted by Crippen LogP contribution is -2.39. The molecule has 1 aliphatic rings. The fraction of sp³-hybridized carbons (Fsp3) is 0.692. The predicted molar refractivity (Wildman–Crippen MR) is 71.5 cm³/mol. The first-order chi connectivity index (χ1) is 8.47. The largest absolute Gasteiger partial charge is 0.389 e. The second-order valence-corrected chi connectivity index (χ2v) is 5.74. The highest BCUT2D eigenvalue weighted by molar-refractivity contribution is 6.29. The molecule has 0 amide bonds. The van der Waals surface area contributed by atoms with Crippen molar-refractivity contribution in [2.75, 3.05) is 13.6 Å². The summed E-state index contributed by atoms with van der Waals surface area (Å²) in [6.45, 7) is 3.19. The Morgan fingerprint density at radius 3 is 2.67 bits per heavy atom. The summed E-state index contributed by atoms with van der Waals surface area (Å²) in [6.07, 6.45) is 4.04. The monoisotopic (exact) mass is 269 g/mol. The third kappa shape index (κ3) is 3.64. The molecule has 1 aromatic heterocycles. The molecule has 100 valence electrons. The van der Waals surface area contributed by atoms with E-state index in [1.54, 1.807) is 6.07 Å². The first kappa shape index (κ1) is 13.7. The molecule has 4 nitrogen and oxygen atoms in total. The van der Waals surface area contributed by atoms with Gasteiger partial charge < -0.3 is 5.11 Å². The van der Waals surface area contributed by atoms with Crippen LogP contribution in [-0.2, 0) is 6.54 Å². The fourth-order valence-electron chi connectivity index (χ4n) is 2.65. The van der Waals surface area contributed by atoms with E-state index in [1.807, 2.05) is 14.0 Å². The maximum atomic E-state index is 10.3. The number of nitrogens with zero attached hydrogens (tertiary/aromatic N) is 3. The molecule has 1 aromatic rings. The summed E-state index contributed by atoms with van der Waals surface area (Å²) in [7, 11) is 1.98. The quantitative estimate of drug-likeness (QED) is 0.851. The average molecular weight is 270 g/mol. The third-order valence-corrected chi connectivity index (χ3v) is 3.57. The van der Waals surface area contributed by atoms with Crippen LogP contribution in [0, 0.1) is 6.92 Å². The van der Waals surface area contributed by atoms with Crippen LogP contribution in [0.15, 0.2) is 6.07 Å². The third-order valence-electron chi connectivity index (χ3n) is 3.38. The zero-order valence-corrected chi connectivity index (χ0v) is 11.7. The van der Waals surface area contributed by atoms with Crippen LogP contribution in [0.25, 0.3) is 0 Å². The Kier molecular flexibility index (Phi) is 4.20. The van der Waals surface area contributed by atoms with Crippen molar-refractivity contribution in [3.63, 3.8) is 0 Å². The Labute approximate surface area is 113 Å². The zero-order valence-electron chi connectivity index (χ0n) is 11.0. The Hall–Kier alpha value is -0.710. The van der Waals surface area contributed by atoms with E-state index >= 15 is 0 Å². The van der Waals surface area contributed by atoms with Gasteiger partial charge in [0.05, 0.1) is 12.1 Å². The smallest absolute Gasteiger partial charge is 0.144 e. The molecule has 0 spiro atoms. The van der Waals surface area contributed by atoms with Crippen LogP contribution in [0.1, 0.15) is 37.2 Å². The number of likely N-dealkylation sites (N-methyl/N-ethyl adjacent to an activating group) is 1. The maximum absolute atomic E-state index is 10.3. The van der Waals surface area contributed by atoms with E-state index in [0.29, 0.717) is 24.1 Å². The minimum Gasteiger partial charge on any atom is -0.389 e. The second-order valence-electron chi connectivity index (χ2n) is 5.35. The maximum Gasteiger partial charge on any atom is 0.144 e. The highest BCUT2D eigenvalue weighted by atomic mass is 35.5. The molecular formula is C13H20ClN3O. The van der Waals surface area contributed by atoms with Crippen molar-refractivity contribution in [2.24, 2.45) is 0 Å². The zero-order chi connectivity index (χ0) is 13.2. The Morgan fingerprint density at radius 1 is 1.39 bits per heavy atom. The van der Waals surface area contributed by atoms with E-state index < -0.39 is 5.60 Å². The van der Waals surface area contributed by atoms with Crippen molar-refractivity contribution >= 4 is 11.6 Å². The molecule has 0 radical (unpaired) electrons. The van der Waals surface area contributed by atoms with Crippen LogP contribution < -0.4 is 0 Å². The van der Waals surface area contributed by atoms with Gasteiger partial charge in [-0.3, -0.25) is 4.90 Å². The lowest BCUT2D eigenvalue weighted by atomic mass is 10.0. The lowest BCUT2D eigenvalue weighted by molar-refractivity contribution is 0.0140. The number of rotatable bonds is 4. The van der Waals surface area contributed by atoms with Gasteiger partial charge in [0.15, 0.2) is 0 Å². The number of hydrogen-bond acceptors (Lipinski definition) is 4. The van der Waals surface area contributed by atoms with Crippen molar-refractivity contribution in [3.8, 4) is 0 Å². The average Bonchev–Trinajstić information content (AvgIpc) is 2.62. The fourth-order valence-corrected chi connectivity index (χ4v) is 2.91. The second kappa shape index (κ2) is 5.51. The SMILES string of the molecule is Cc1cc(Cl)nc(CN(C)CC2(O)CCCC2)n1. The Bertz CT molecular complexity index is 398. The van der Waals surface area contributed by atoms with Gasteiger partial charge in [0.25, 0.3) is 0 Å². The number of aliphatic hydroxyl groups is 1. The standard InChI is InChI=1S/C13H20ClN3O/c1-10-7-11(14)16-12(15-10)8-17(2)9-13(18)5-3-4-6-13/h7,18H,3-6,8-9H2,1-2H3. The van der Waals surface area contributed by atoms with Crippen LogP contribution in [-0.4, -0.2) is 39.2 Å². The van der Waals surface area contributed by atoms with Gasteiger partial charge in [0, 0.05) is 12.2 Å².